The predicted molar refractivity (Wildman–Crippen MR) is 57.7 cm³/mol. The lowest BCUT2D eigenvalue weighted by molar-refractivity contribution is 0.598. The van der Waals surface area contributed by atoms with Crippen LogP contribution in [0.1, 0.15) is 0 Å². The molecular weight excluding hydrogens is 219 g/mol. The zero-order valence-electron chi connectivity index (χ0n) is 8.33. The maximum absolute atomic E-state index is 12.5. The first-order valence-electron chi connectivity index (χ1n) is 4.44. The first kappa shape index (κ1) is 11.9. The molecule has 0 aliphatic carbocycles. The molecule has 0 aromatic heterocycles. The van der Waals surface area contributed by atoms with Gasteiger partial charge in [-0.3, -0.25) is 4.72 Å². The van der Waals surface area contributed by atoms with Gasteiger partial charge >= 0.3 is 0 Å². The Balaban J connectivity index is 2.65. The Bertz CT molecular complexity index is 403. The quantitative estimate of drug-likeness (QED) is 0.789. The summed E-state index contributed by atoms with van der Waals surface area (Å²) >= 11 is 0. The Morgan fingerprint density at radius 3 is 2.40 bits per heavy atom. The van der Waals surface area contributed by atoms with Gasteiger partial charge in [-0.25, -0.2) is 12.8 Å². The SMILES string of the molecule is CNCCS(=O)(=O)Nc1ccc(F)cc1. The van der Waals surface area contributed by atoms with Crippen LogP contribution in [-0.2, 0) is 10.0 Å². The Morgan fingerprint density at radius 1 is 1.27 bits per heavy atom. The Morgan fingerprint density at radius 2 is 1.87 bits per heavy atom. The Kier molecular flexibility index (Phi) is 4.05. The van der Waals surface area contributed by atoms with Crippen LogP contribution in [0.25, 0.3) is 0 Å². The first-order valence-corrected chi connectivity index (χ1v) is 6.09. The third-order valence-corrected chi connectivity index (χ3v) is 3.03. The van der Waals surface area contributed by atoms with Crippen molar-refractivity contribution in [2.75, 3.05) is 24.1 Å². The second kappa shape index (κ2) is 5.09. The van der Waals surface area contributed by atoms with Gasteiger partial charge < -0.3 is 5.32 Å². The topological polar surface area (TPSA) is 58.2 Å². The van der Waals surface area contributed by atoms with Crippen molar-refractivity contribution in [1.29, 1.82) is 0 Å². The Labute approximate surface area is 88.6 Å². The van der Waals surface area contributed by atoms with Gasteiger partial charge in [0.1, 0.15) is 5.82 Å². The van der Waals surface area contributed by atoms with Crippen LogP contribution < -0.4 is 10.0 Å². The fourth-order valence-corrected chi connectivity index (χ4v) is 2.06. The average molecular weight is 232 g/mol. The first-order chi connectivity index (χ1) is 7.03. The molecule has 0 saturated heterocycles. The molecule has 2 N–H and O–H groups in total. The van der Waals surface area contributed by atoms with Crippen LogP contribution >= 0.6 is 0 Å². The summed E-state index contributed by atoms with van der Waals surface area (Å²) in [6, 6.07) is 5.17. The Hall–Kier alpha value is -1.14. The maximum atomic E-state index is 12.5. The van der Waals surface area contributed by atoms with Crippen molar-refractivity contribution in [2.45, 2.75) is 0 Å². The monoisotopic (exact) mass is 232 g/mol. The second-order valence-electron chi connectivity index (χ2n) is 3.03. The molecule has 0 bridgehead atoms. The zero-order valence-corrected chi connectivity index (χ0v) is 9.14. The molecule has 6 heteroatoms. The van der Waals surface area contributed by atoms with E-state index in [0.29, 0.717) is 12.2 Å². The standard InChI is InChI=1S/C9H13FN2O2S/c1-11-6-7-15(13,14)12-9-4-2-8(10)3-5-9/h2-5,11-12H,6-7H2,1H3. The van der Waals surface area contributed by atoms with Crippen molar-refractivity contribution in [2.24, 2.45) is 0 Å². The molecule has 0 aliphatic heterocycles. The van der Waals surface area contributed by atoms with Crippen molar-refractivity contribution in [3.63, 3.8) is 0 Å². The third-order valence-electron chi connectivity index (χ3n) is 1.74. The van der Waals surface area contributed by atoms with Gasteiger partial charge in [-0.15, -0.1) is 0 Å². The zero-order chi connectivity index (χ0) is 11.3. The van der Waals surface area contributed by atoms with E-state index < -0.39 is 15.8 Å². The summed E-state index contributed by atoms with van der Waals surface area (Å²) in [5, 5.41) is 2.74. The van der Waals surface area contributed by atoms with Crippen molar-refractivity contribution in [1.82, 2.24) is 5.32 Å². The number of hydrogen-bond donors (Lipinski definition) is 2. The van der Waals surface area contributed by atoms with Crippen molar-refractivity contribution < 1.29 is 12.8 Å². The van der Waals surface area contributed by atoms with Crippen molar-refractivity contribution in [3.8, 4) is 0 Å². The molecule has 1 aromatic rings. The van der Waals surface area contributed by atoms with Crippen LogP contribution in [0, 0.1) is 5.82 Å². The molecule has 1 aromatic carbocycles. The van der Waals surface area contributed by atoms with E-state index in [1.165, 1.54) is 24.3 Å². The molecule has 0 heterocycles. The molecule has 15 heavy (non-hydrogen) atoms. The number of nitrogens with one attached hydrogen (secondary N) is 2. The molecule has 0 radical (unpaired) electrons. The molecule has 0 fully saturated rings. The van der Waals surface area contributed by atoms with Crippen LogP contribution in [0.3, 0.4) is 0 Å². The number of sulfonamides is 1. The van der Waals surface area contributed by atoms with Gasteiger partial charge in [0.05, 0.1) is 5.75 Å². The lowest BCUT2D eigenvalue weighted by Gasteiger charge is -2.07. The number of rotatable bonds is 5. The molecule has 0 spiro atoms. The lowest BCUT2D eigenvalue weighted by atomic mass is 10.3. The fraction of sp³-hybridized carbons (Fsp3) is 0.333. The highest BCUT2D eigenvalue weighted by Gasteiger charge is 2.08. The van der Waals surface area contributed by atoms with E-state index >= 15 is 0 Å². The van der Waals surface area contributed by atoms with E-state index in [1.807, 2.05) is 0 Å². The number of anilines is 1. The smallest absolute Gasteiger partial charge is 0.233 e. The minimum absolute atomic E-state index is 0.0130. The van der Waals surface area contributed by atoms with Crippen LogP contribution in [-0.4, -0.2) is 27.8 Å². The molecular formula is C9H13FN2O2S. The van der Waals surface area contributed by atoms with Gasteiger partial charge in [0.2, 0.25) is 10.0 Å². The van der Waals surface area contributed by atoms with Gasteiger partial charge in [-0.2, -0.15) is 0 Å². The predicted octanol–water partition coefficient (Wildman–Crippen LogP) is 0.787. The largest absolute Gasteiger partial charge is 0.319 e. The van der Waals surface area contributed by atoms with Crippen LogP contribution in [0.5, 0.6) is 0 Å². The van der Waals surface area contributed by atoms with Crippen LogP contribution in [0.2, 0.25) is 0 Å². The summed E-state index contributed by atoms with van der Waals surface area (Å²) in [7, 11) is -1.67. The molecule has 0 aliphatic rings. The summed E-state index contributed by atoms with van der Waals surface area (Å²) in [5.41, 5.74) is 0.368. The number of halogens is 1. The third kappa shape index (κ3) is 4.26. The van der Waals surface area contributed by atoms with E-state index in [0.717, 1.165) is 0 Å². The lowest BCUT2D eigenvalue weighted by Crippen LogP contribution is -2.24. The van der Waals surface area contributed by atoms with Crippen molar-refractivity contribution in [3.05, 3.63) is 30.1 Å². The molecule has 0 amide bonds. The maximum Gasteiger partial charge on any atom is 0.233 e. The van der Waals surface area contributed by atoms with Gasteiger partial charge in [-0.05, 0) is 31.3 Å². The highest BCUT2D eigenvalue weighted by Crippen LogP contribution is 2.10. The molecule has 0 saturated carbocycles. The summed E-state index contributed by atoms with van der Waals surface area (Å²) < 4.78 is 37.7. The minimum atomic E-state index is -3.34. The van der Waals surface area contributed by atoms with Gasteiger partial charge in [0.15, 0.2) is 0 Å². The van der Waals surface area contributed by atoms with E-state index in [1.54, 1.807) is 7.05 Å². The average Bonchev–Trinajstić information content (AvgIpc) is 2.18. The van der Waals surface area contributed by atoms with Crippen molar-refractivity contribution >= 4 is 15.7 Å². The van der Waals surface area contributed by atoms with Gasteiger partial charge in [0, 0.05) is 12.2 Å². The summed E-state index contributed by atoms with van der Waals surface area (Å²) in [6.45, 7) is 0.372. The van der Waals surface area contributed by atoms with E-state index in [9.17, 15) is 12.8 Å². The molecule has 1 rings (SSSR count). The fourth-order valence-electron chi connectivity index (χ4n) is 0.985. The second-order valence-corrected chi connectivity index (χ2v) is 4.87. The van der Waals surface area contributed by atoms with Crippen LogP contribution in [0.4, 0.5) is 10.1 Å². The minimum Gasteiger partial charge on any atom is -0.319 e. The van der Waals surface area contributed by atoms with Crippen LogP contribution in [0.15, 0.2) is 24.3 Å². The number of hydrogen-bond acceptors (Lipinski definition) is 3. The highest BCUT2D eigenvalue weighted by molar-refractivity contribution is 7.92. The summed E-state index contributed by atoms with van der Waals surface area (Å²) in [4.78, 5) is 0. The molecule has 4 nitrogen and oxygen atoms in total. The molecule has 0 atom stereocenters. The highest BCUT2D eigenvalue weighted by atomic mass is 32.2. The normalized spacial score (nSPS) is 11.3. The molecule has 0 unspecified atom stereocenters. The van der Waals surface area contributed by atoms with Gasteiger partial charge in [-0.1, -0.05) is 0 Å². The van der Waals surface area contributed by atoms with E-state index in [4.69, 9.17) is 0 Å². The summed E-state index contributed by atoms with van der Waals surface area (Å²) in [5.74, 6) is -0.408. The van der Waals surface area contributed by atoms with E-state index in [2.05, 4.69) is 10.0 Å². The van der Waals surface area contributed by atoms with Gasteiger partial charge in [0.25, 0.3) is 0 Å². The number of benzene rings is 1. The summed E-state index contributed by atoms with van der Waals surface area (Å²) in [6.07, 6.45) is 0. The molecule has 84 valence electrons. The van der Waals surface area contributed by atoms with E-state index in [-0.39, 0.29) is 5.75 Å².